The highest BCUT2D eigenvalue weighted by molar-refractivity contribution is 5.92. The quantitative estimate of drug-likeness (QED) is 0.680. The van der Waals surface area contributed by atoms with Gasteiger partial charge in [0, 0.05) is 24.4 Å². The molecule has 0 spiro atoms. The van der Waals surface area contributed by atoms with Crippen LogP contribution < -0.4 is 15.4 Å². The topological polar surface area (TPSA) is 59.6 Å². The van der Waals surface area contributed by atoms with Gasteiger partial charge in [-0.1, -0.05) is 19.9 Å². The Balaban J connectivity index is 2.40. The zero-order valence-electron chi connectivity index (χ0n) is 12.4. The highest BCUT2D eigenvalue weighted by Crippen LogP contribution is 2.17. The molecule has 112 valence electrons. The van der Waals surface area contributed by atoms with E-state index in [9.17, 15) is 4.79 Å². The molecule has 0 aromatic heterocycles. The number of hydrogen-bond donors (Lipinski definition) is 2. The Morgan fingerprint density at radius 1 is 1.30 bits per heavy atom. The minimum atomic E-state index is -0.0647. The van der Waals surface area contributed by atoms with Crippen molar-refractivity contribution in [2.45, 2.75) is 26.8 Å². The van der Waals surface area contributed by atoms with Crippen molar-refractivity contribution in [3.63, 3.8) is 0 Å². The smallest absolute Gasteiger partial charge is 0.238 e. The van der Waals surface area contributed by atoms with Crippen LogP contribution in [0.5, 0.6) is 5.75 Å². The van der Waals surface area contributed by atoms with E-state index >= 15 is 0 Å². The lowest BCUT2D eigenvalue weighted by molar-refractivity contribution is -0.115. The van der Waals surface area contributed by atoms with Gasteiger partial charge in [-0.2, -0.15) is 0 Å². The molecule has 0 saturated carbocycles. The number of benzene rings is 1. The van der Waals surface area contributed by atoms with Crippen LogP contribution in [0.25, 0.3) is 0 Å². The van der Waals surface area contributed by atoms with Crippen LogP contribution in [0.1, 0.15) is 20.8 Å². The van der Waals surface area contributed by atoms with Gasteiger partial charge in [-0.15, -0.1) is 0 Å². The van der Waals surface area contributed by atoms with Crippen LogP contribution in [0.15, 0.2) is 24.3 Å². The van der Waals surface area contributed by atoms with Crippen LogP contribution in [-0.4, -0.2) is 38.3 Å². The molecule has 0 radical (unpaired) electrons. The van der Waals surface area contributed by atoms with E-state index in [4.69, 9.17) is 9.47 Å². The van der Waals surface area contributed by atoms with Gasteiger partial charge in [0.1, 0.15) is 12.4 Å². The molecule has 0 aliphatic heterocycles. The summed E-state index contributed by atoms with van der Waals surface area (Å²) in [6.07, 6.45) is 0. The lowest BCUT2D eigenvalue weighted by atomic mass is 10.3. The first-order valence-corrected chi connectivity index (χ1v) is 6.95. The number of rotatable bonds is 9. The Labute approximate surface area is 120 Å². The fourth-order valence-corrected chi connectivity index (χ4v) is 1.53. The SMILES string of the molecule is CCOCCOc1cccc(NC(=O)CNC(C)C)c1. The minimum absolute atomic E-state index is 0.0647. The summed E-state index contributed by atoms with van der Waals surface area (Å²) in [7, 11) is 0. The average molecular weight is 280 g/mol. The Bertz CT molecular complexity index is 408. The maximum Gasteiger partial charge on any atom is 0.238 e. The Hall–Kier alpha value is -1.59. The molecular formula is C15H24N2O3. The van der Waals surface area contributed by atoms with Gasteiger partial charge in [0.25, 0.3) is 0 Å². The number of nitrogens with one attached hydrogen (secondary N) is 2. The zero-order valence-corrected chi connectivity index (χ0v) is 12.4. The highest BCUT2D eigenvalue weighted by Gasteiger charge is 2.04. The second-order valence-electron chi connectivity index (χ2n) is 4.66. The molecule has 5 nitrogen and oxygen atoms in total. The molecule has 5 heteroatoms. The largest absolute Gasteiger partial charge is 0.491 e. The average Bonchev–Trinajstić information content (AvgIpc) is 2.42. The standard InChI is InChI=1S/C15H24N2O3/c1-4-19-8-9-20-14-7-5-6-13(10-14)17-15(18)11-16-12(2)3/h5-7,10,12,16H,4,8-9,11H2,1-3H3,(H,17,18). The Kier molecular flexibility index (Phi) is 7.69. The highest BCUT2D eigenvalue weighted by atomic mass is 16.5. The lowest BCUT2D eigenvalue weighted by Gasteiger charge is -2.10. The molecule has 1 rings (SSSR count). The molecule has 0 heterocycles. The van der Waals surface area contributed by atoms with Crippen LogP contribution in [0, 0.1) is 0 Å². The number of ether oxygens (including phenoxy) is 2. The Morgan fingerprint density at radius 3 is 2.80 bits per heavy atom. The summed E-state index contributed by atoms with van der Waals surface area (Å²) in [4.78, 5) is 11.7. The number of carbonyl (C=O) groups excluding carboxylic acids is 1. The van der Waals surface area contributed by atoms with Crippen molar-refractivity contribution in [1.29, 1.82) is 0 Å². The van der Waals surface area contributed by atoms with E-state index in [1.54, 1.807) is 6.07 Å². The fraction of sp³-hybridized carbons (Fsp3) is 0.533. The molecule has 0 bridgehead atoms. The third kappa shape index (κ3) is 7.11. The van der Waals surface area contributed by atoms with Crippen molar-refractivity contribution in [1.82, 2.24) is 5.32 Å². The van der Waals surface area contributed by atoms with Crippen molar-refractivity contribution in [2.24, 2.45) is 0 Å². The summed E-state index contributed by atoms with van der Waals surface area (Å²) in [5.41, 5.74) is 0.731. The minimum Gasteiger partial charge on any atom is -0.491 e. The molecule has 0 atom stereocenters. The van der Waals surface area contributed by atoms with E-state index in [0.29, 0.717) is 26.4 Å². The van der Waals surface area contributed by atoms with Crippen molar-refractivity contribution in [3.8, 4) is 5.75 Å². The molecular weight excluding hydrogens is 256 g/mol. The first-order chi connectivity index (χ1) is 9.61. The predicted molar refractivity (Wildman–Crippen MR) is 80.2 cm³/mol. The first-order valence-electron chi connectivity index (χ1n) is 6.95. The van der Waals surface area contributed by atoms with Crippen LogP contribution in [0.4, 0.5) is 5.69 Å². The van der Waals surface area contributed by atoms with E-state index in [1.807, 2.05) is 39.0 Å². The lowest BCUT2D eigenvalue weighted by Crippen LogP contribution is -2.32. The summed E-state index contributed by atoms with van der Waals surface area (Å²) < 4.78 is 10.7. The molecule has 1 aromatic rings. The summed E-state index contributed by atoms with van der Waals surface area (Å²) in [6, 6.07) is 7.63. The van der Waals surface area contributed by atoms with Crippen molar-refractivity contribution >= 4 is 11.6 Å². The normalized spacial score (nSPS) is 10.6. The van der Waals surface area contributed by atoms with Gasteiger partial charge < -0.3 is 20.1 Å². The molecule has 1 amide bonds. The molecule has 20 heavy (non-hydrogen) atoms. The van der Waals surface area contributed by atoms with Crippen molar-refractivity contribution in [2.75, 3.05) is 31.7 Å². The first kappa shape index (κ1) is 16.5. The maximum absolute atomic E-state index is 11.7. The van der Waals surface area contributed by atoms with E-state index in [1.165, 1.54) is 0 Å². The number of amides is 1. The number of hydrogen-bond acceptors (Lipinski definition) is 4. The van der Waals surface area contributed by atoms with E-state index in [-0.39, 0.29) is 11.9 Å². The number of carbonyl (C=O) groups is 1. The van der Waals surface area contributed by atoms with E-state index < -0.39 is 0 Å². The number of anilines is 1. The van der Waals surface area contributed by atoms with Crippen LogP contribution in [-0.2, 0) is 9.53 Å². The van der Waals surface area contributed by atoms with Crippen molar-refractivity contribution in [3.05, 3.63) is 24.3 Å². The van der Waals surface area contributed by atoms with Gasteiger partial charge in [0.15, 0.2) is 0 Å². The summed E-state index contributed by atoms with van der Waals surface area (Å²) >= 11 is 0. The molecule has 1 aromatic carbocycles. The summed E-state index contributed by atoms with van der Waals surface area (Å²) in [5, 5.41) is 5.90. The third-order valence-corrected chi connectivity index (χ3v) is 2.49. The van der Waals surface area contributed by atoms with Gasteiger partial charge in [0.05, 0.1) is 13.2 Å². The fourth-order valence-electron chi connectivity index (χ4n) is 1.53. The van der Waals surface area contributed by atoms with E-state index in [0.717, 1.165) is 11.4 Å². The van der Waals surface area contributed by atoms with Gasteiger partial charge in [-0.25, -0.2) is 0 Å². The molecule has 0 aliphatic carbocycles. The van der Waals surface area contributed by atoms with Gasteiger partial charge >= 0.3 is 0 Å². The second kappa shape index (κ2) is 9.34. The van der Waals surface area contributed by atoms with Gasteiger partial charge in [-0.05, 0) is 19.1 Å². The summed E-state index contributed by atoms with van der Waals surface area (Å²) in [5.74, 6) is 0.657. The maximum atomic E-state index is 11.7. The van der Waals surface area contributed by atoms with E-state index in [2.05, 4.69) is 10.6 Å². The van der Waals surface area contributed by atoms with Crippen molar-refractivity contribution < 1.29 is 14.3 Å². The zero-order chi connectivity index (χ0) is 14.8. The Morgan fingerprint density at radius 2 is 2.10 bits per heavy atom. The van der Waals surface area contributed by atoms with Gasteiger partial charge in [0.2, 0.25) is 5.91 Å². The second-order valence-corrected chi connectivity index (χ2v) is 4.66. The van der Waals surface area contributed by atoms with Crippen LogP contribution in [0.2, 0.25) is 0 Å². The monoisotopic (exact) mass is 280 g/mol. The molecule has 2 N–H and O–H groups in total. The van der Waals surface area contributed by atoms with Crippen LogP contribution >= 0.6 is 0 Å². The molecule has 0 saturated heterocycles. The van der Waals surface area contributed by atoms with Crippen LogP contribution in [0.3, 0.4) is 0 Å². The summed E-state index contributed by atoms with van der Waals surface area (Å²) in [6.45, 7) is 7.99. The van der Waals surface area contributed by atoms with Gasteiger partial charge in [-0.3, -0.25) is 4.79 Å². The molecule has 0 fully saturated rings. The predicted octanol–water partition coefficient (Wildman–Crippen LogP) is 2.04. The molecule has 0 aliphatic rings. The third-order valence-electron chi connectivity index (χ3n) is 2.49. The molecule has 0 unspecified atom stereocenters.